The first-order valence-corrected chi connectivity index (χ1v) is 4.54. The molecule has 0 aliphatic rings. The Kier molecular flexibility index (Phi) is 4.53. The summed E-state index contributed by atoms with van der Waals surface area (Å²) in [5.74, 6) is 0. The van der Waals surface area contributed by atoms with Gasteiger partial charge >= 0.3 is 0 Å². The lowest BCUT2D eigenvalue weighted by molar-refractivity contribution is 0.0814. The molecule has 1 aromatic carbocycles. The number of aliphatic hydroxyl groups is 1. The van der Waals surface area contributed by atoms with Crippen LogP contribution in [0.1, 0.15) is 5.56 Å². The Labute approximate surface area is 87.0 Å². The second-order valence-electron chi connectivity index (χ2n) is 2.45. The van der Waals surface area contributed by atoms with Crippen molar-refractivity contribution in [3.05, 3.63) is 33.8 Å². The molecule has 0 unspecified atom stereocenters. The maximum Gasteiger partial charge on any atom is 0.0725 e. The minimum absolute atomic E-state index is 0.00823. The SMILES string of the molecule is OCCOCc1[c]c(Cl)cc(Cl)c1. The molecule has 0 bridgehead atoms. The van der Waals surface area contributed by atoms with Crippen LogP contribution in [0.3, 0.4) is 0 Å². The predicted molar refractivity (Wildman–Crippen MR) is 52.0 cm³/mol. The summed E-state index contributed by atoms with van der Waals surface area (Å²) in [6, 6.07) is 6.22. The van der Waals surface area contributed by atoms with Crippen LogP contribution in [0, 0.1) is 6.07 Å². The maximum atomic E-state index is 8.47. The van der Waals surface area contributed by atoms with E-state index in [1.165, 1.54) is 0 Å². The maximum absolute atomic E-state index is 8.47. The molecule has 2 nitrogen and oxygen atoms in total. The van der Waals surface area contributed by atoms with Crippen molar-refractivity contribution in [3.63, 3.8) is 0 Å². The van der Waals surface area contributed by atoms with Crippen LogP contribution in [0.15, 0.2) is 12.1 Å². The highest BCUT2D eigenvalue weighted by molar-refractivity contribution is 6.34. The molecule has 13 heavy (non-hydrogen) atoms. The zero-order valence-corrected chi connectivity index (χ0v) is 8.40. The van der Waals surface area contributed by atoms with E-state index >= 15 is 0 Å². The van der Waals surface area contributed by atoms with Gasteiger partial charge in [-0.15, -0.1) is 0 Å². The van der Waals surface area contributed by atoms with Crippen LogP contribution in [-0.4, -0.2) is 18.3 Å². The lowest BCUT2D eigenvalue weighted by Gasteiger charge is -2.02. The molecule has 0 saturated carbocycles. The zero-order valence-electron chi connectivity index (χ0n) is 6.89. The molecule has 4 heteroatoms. The topological polar surface area (TPSA) is 29.5 Å². The Morgan fingerprint density at radius 1 is 1.38 bits per heavy atom. The summed E-state index contributed by atoms with van der Waals surface area (Å²) < 4.78 is 5.08. The third kappa shape index (κ3) is 3.96. The van der Waals surface area contributed by atoms with Gasteiger partial charge in [0, 0.05) is 11.1 Å². The van der Waals surface area contributed by atoms with Gasteiger partial charge in [0.2, 0.25) is 0 Å². The largest absolute Gasteiger partial charge is 0.394 e. The third-order valence-corrected chi connectivity index (χ3v) is 1.77. The molecular weight excluding hydrogens is 211 g/mol. The van der Waals surface area contributed by atoms with E-state index in [1.807, 2.05) is 0 Å². The van der Waals surface area contributed by atoms with Crippen LogP contribution >= 0.6 is 23.2 Å². The van der Waals surface area contributed by atoms with E-state index < -0.39 is 0 Å². The van der Waals surface area contributed by atoms with Crippen LogP contribution in [-0.2, 0) is 11.3 Å². The fourth-order valence-corrected chi connectivity index (χ4v) is 1.41. The number of benzene rings is 1. The van der Waals surface area contributed by atoms with Gasteiger partial charge in [0.1, 0.15) is 0 Å². The minimum atomic E-state index is 0.00823. The third-order valence-electron chi connectivity index (χ3n) is 1.35. The Bertz CT molecular complexity index is 256. The van der Waals surface area contributed by atoms with Gasteiger partial charge < -0.3 is 9.84 Å². The van der Waals surface area contributed by atoms with Gasteiger partial charge in [-0.3, -0.25) is 0 Å². The van der Waals surface area contributed by atoms with E-state index in [0.29, 0.717) is 23.3 Å². The molecule has 1 N–H and O–H groups in total. The molecule has 0 heterocycles. The fraction of sp³-hybridized carbons (Fsp3) is 0.333. The lowest BCUT2D eigenvalue weighted by Crippen LogP contribution is -1.99. The van der Waals surface area contributed by atoms with Crippen LogP contribution in [0.25, 0.3) is 0 Å². The van der Waals surface area contributed by atoms with Crippen molar-refractivity contribution in [1.82, 2.24) is 0 Å². The van der Waals surface area contributed by atoms with Gasteiger partial charge in [-0.2, -0.15) is 0 Å². The molecule has 0 atom stereocenters. The molecule has 0 aromatic heterocycles. The highest BCUT2D eigenvalue weighted by atomic mass is 35.5. The van der Waals surface area contributed by atoms with Crippen molar-refractivity contribution in [3.8, 4) is 0 Å². The van der Waals surface area contributed by atoms with Gasteiger partial charge in [0.15, 0.2) is 0 Å². The van der Waals surface area contributed by atoms with Crippen LogP contribution < -0.4 is 0 Å². The standard InChI is InChI=1S/C9H9Cl2O2/c10-8-3-7(4-9(11)5-8)6-13-2-1-12/h3,5,12H,1-2,6H2. The normalized spacial score (nSPS) is 10.4. The smallest absolute Gasteiger partial charge is 0.0725 e. The summed E-state index contributed by atoms with van der Waals surface area (Å²) >= 11 is 11.5. The summed E-state index contributed by atoms with van der Waals surface area (Å²) in [5.41, 5.74) is 0.783. The molecule has 71 valence electrons. The summed E-state index contributed by atoms with van der Waals surface area (Å²) in [4.78, 5) is 0. The molecule has 1 rings (SSSR count). The first-order chi connectivity index (χ1) is 6.22. The van der Waals surface area contributed by atoms with E-state index in [0.717, 1.165) is 5.56 Å². The van der Waals surface area contributed by atoms with Crippen molar-refractivity contribution in [1.29, 1.82) is 0 Å². The Morgan fingerprint density at radius 3 is 2.77 bits per heavy atom. The van der Waals surface area contributed by atoms with E-state index in [1.54, 1.807) is 12.1 Å². The van der Waals surface area contributed by atoms with Gasteiger partial charge in [0.05, 0.1) is 24.8 Å². The number of hydrogen-bond donors (Lipinski definition) is 1. The Hall–Kier alpha value is -0.280. The minimum Gasteiger partial charge on any atom is -0.394 e. The van der Waals surface area contributed by atoms with Gasteiger partial charge in [-0.25, -0.2) is 0 Å². The average Bonchev–Trinajstić information content (AvgIpc) is 2.03. The highest BCUT2D eigenvalue weighted by Crippen LogP contribution is 2.18. The van der Waals surface area contributed by atoms with Crippen LogP contribution in [0.5, 0.6) is 0 Å². The van der Waals surface area contributed by atoms with Gasteiger partial charge in [0.25, 0.3) is 0 Å². The number of hydrogen-bond acceptors (Lipinski definition) is 2. The molecule has 1 aromatic rings. The molecule has 0 saturated heterocycles. The van der Waals surface area contributed by atoms with Crippen molar-refractivity contribution < 1.29 is 9.84 Å². The van der Waals surface area contributed by atoms with Gasteiger partial charge in [-0.05, 0) is 17.7 Å². The fourth-order valence-electron chi connectivity index (χ4n) is 0.879. The summed E-state index contributed by atoms with van der Waals surface area (Å²) in [6.07, 6.45) is 0. The summed E-state index contributed by atoms with van der Waals surface area (Å²) in [6.45, 7) is 0.674. The van der Waals surface area contributed by atoms with Crippen molar-refractivity contribution >= 4 is 23.2 Å². The van der Waals surface area contributed by atoms with Crippen LogP contribution in [0.4, 0.5) is 0 Å². The van der Waals surface area contributed by atoms with E-state index in [-0.39, 0.29) is 6.61 Å². The van der Waals surface area contributed by atoms with Crippen molar-refractivity contribution in [2.24, 2.45) is 0 Å². The number of aliphatic hydroxyl groups excluding tert-OH is 1. The predicted octanol–water partition coefficient (Wildman–Crippen LogP) is 2.30. The Balaban J connectivity index is 2.56. The first-order valence-electron chi connectivity index (χ1n) is 3.78. The molecule has 0 aliphatic carbocycles. The second-order valence-corrected chi connectivity index (χ2v) is 3.29. The quantitative estimate of drug-likeness (QED) is 0.789. The van der Waals surface area contributed by atoms with Crippen LogP contribution in [0.2, 0.25) is 10.0 Å². The highest BCUT2D eigenvalue weighted by Gasteiger charge is 1.98. The number of halogens is 2. The van der Waals surface area contributed by atoms with Gasteiger partial charge in [-0.1, -0.05) is 23.2 Å². The van der Waals surface area contributed by atoms with E-state index in [4.69, 9.17) is 33.0 Å². The number of rotatable bonds is 4. The Morgan fingerprint density at radius 2 is 2.15 bits per heavy atom. The average molecular weight is 220 g/mol. The van der Waals surface area contributed by atoms with E-state index in [9.17, 15) is 0 Å². The second kappa shape index (κ2) is 5.45. The monoisotopic (exact) mass is 219 g/mol. The summed E-state index contributed by atoms with van der Waals surface area (Å²) in [7, 11) is 0. The zero-order chi connectivity index (χ0) is 9.68. The molecular formula is C9H9Cl2O2. The first kappa shape index (κ1) is 10.8. The number of ether oxygens (including phenoxy) is 1. The molecule has 0 amide bonds. The molecule has 0 fully saturated rings. The summed E-state index contributed by atoms with van der Waals surface area (Å²) in [5, 5.41) is 9.50. The lowest BCUT2D eigenvalue weighted by atomic mass is 10.2. The molecule has 0 aliphatic heterocycles. The van der Waals surface area contributed by atoms with Crippen molar-refractivity contribution in [2.45, 2.75) is 6.61 Å². The van der Waals surface area contributed by atoms with E-state index in [2.05, 4.69) is 6.07 Å². The molecule has 0 spiro atoms. The van der Waals surface area contributed by atoms with Crippen molar-refractivity contribution in [2.75, 3.05) is 13.2 Å². The molecule has 1 radical (unpaired) electrons.